The van der Waals surface area contributed by atoms with Crippen LogP contribution in [-0.4, -0.2) is 27.3 Å². The predicted octanol–water partition coefficient (Wildman–Crippen LogP) is 6.23. The predicted molar refractivity (Wildman–Crippen MR) is 136 cm³/mol. The minimum Gasteiger partial charge on any atom is -0.381 e. The first-order valence-electron chi connectivity index (χ1n) is 10.7. The van der Waals surface area contributed by atoms with Crippen LogP contribution < -0.4 is 5.56 Å². The topological polar surface area (TPSA) is 49.0 Å². The van der Waals surface area contributed by atoms with E-state index in [0.717, 1.165) is 63.8 Å². The highest BCUT2D eigenvalue weighted by molar-refractivity contribution is 14.1. The van der Waals surface area contributed by atoms with Crippen molar-refractivity contribution < 1.29 is 9.13 Å². The molecule has 0 bridgehead atoms. The van der Waals surface area contributed by atoms with Gasteiger partial charge in [0.05, 0.1) is 11.0 Å². The van der Waals surface area contributed by atoms with Gasteiger partial charge in [0, 0.05) is 51.3 Å². The highest BCUT2D eigenvalue weighted by Gasteiger charge is 2.25. The van der Waals surface area contributed by atoms with Gasteiger partial charge >= 0.3 is 0 Å². The van der Waals surface area contributed by atoms with Crippen LogP contribution in [-0.2, 0) is 16.7 Å². The van der Waals surface area contributed by atoms with Crippen LogP contribution in [0.4, 0.5) is 4.39 Å². The van der Waals surface area contributed by atoms with Crippen LogP contribution in [0.3, 0.4) is 0 Å². The molecule has 2 aromatic heterocycles. The second-order valence-corrected chi connectivity index (χ2v) is 10.9. The van der Waals surface area contributed by atoms with E-state index < -0.39 is 11.5 Å². The molecular formula is C24H27FIN3O2S. The van der Waals surface area contributed by atoms with E-state index in [9.17, 15) is 9.18 Å². The lowest BCUT2D eigenvalue weighted by atomic mass is 9.94. The zero-order valence-corrected chi connectivity index (χ0v) is 21.5. The lowest BCUT2D eigenvalue weighted by Gasteiger charge is -2.26. The molecule has 0 unspecified atom stereocenters. The Morgan fingerprint density at radius 2 is 1.97 bits per heavy atom. The average molecular weight is 567 g/mol. The normalized spacial score (nSPS) is 16.1. The molecule has 8 heteroatoms. The number of fused-ring (bicyclic) bond motifs is 1. The summed E-state index contributed by atoms with van der Waals surface area (Å²) in [6.45, 7) is 9.21. The van der Waals surface area contributed by atoms with Gasteiger partial charge in [-0.15, -0.1) is 0 Å². The van der Waals surface area contributed by atoms with Gasteiger partial charge in [-0.25, -0.2) is 4.98 Å². The van der Waals surface area contributed by atoms with Crippen LogP contribution >= 0.6 is 34.4 Å². The van der Waals surface area contributed by atoms with Crippen molar-refractivity contribution in [2.75, 3.05) is 13.2 Å². The van der Waals surface area contributed by atoms with Gasteiger partial charge in [-0.2, -0.15) is 4.39 Å². The number of nitrogens with zero attached hydrogens (tertiary/aromatic N) is 3. The van der Waals surface area contributed by atoms with Gasteiger partial charge in [0.15, 0.2) is 0 Å². The van der Waals surface area contributed by atoms with E-state index in [2.05, 4.69) is 43.5 Å². The van der Waals surface area contributed by atoms with Gasteiger partial charge in [0.25, 0.3) is 5.56 Å². The number of aromatic nitrogens is 3. The lowest BCUT2D eigenvalue weighted by Crippen LogP contribution is -2.25. The Balaban J connectivity index is 1.65. The summed E-state index contributed by atoms with van der Waals surface area (Å²) in [5.41, 5.74) is 1.63. The smallest absolute Gasteiger partial charge is 0.257 e. The van der Waals surface area contributed by atoms with Crippen molar-refractivity contribution in [3.05, 3.63) is 56.8 Å². The minimum absolute atomic E-state index is 0.0712. The monoisotopic (exact) mass is 567 g/mol. The molecule has 1 fully saturated rings. The molecule has 1 aliphatic heterocycles. The Morgan fingerprint density at radius 1 is 1.25 bits per heavy atom. The molecule has 0 aliphatic carbocycles. The molecule has 5 nitrogen and oxygen atoms in total. The Hall–Kier alpha value is -1.65. The molecule has 0 atom stereocenters. The SMILES string of the molecule is CC(C)(C)c1nc2cc(Sc3ccn(/C(F)=C/I)c(=O)c3)ccc2n1CC1CCOCC1. The van der Waals surface area contributed by atoms with Crippen LogP contribution in [0.15, 0.2) is 55.2 Å². The van der Waals surface area contributed by atoms with Crippen LogP contribution in [0, 0.1) is 5.92 Å². The Labute approximate surface area is 205 Å². The number of benzene rings is 1. The van der Waals surface area contributed by atoms with E-state index in [1.165, 1.54) is 28.1 Å². The van der Waals surface area contributed by atoms with E-state index in [1.807, 2.05) is 0 Å². The van der Waals surface area contributed by atoms with Crippen LogP contribution in [0.1, 0.15) is 39.4 Å². The molecule has 0 spiro atoms. The zero-order valence-electron chi connectivity index (χ0n) is 18.5. The molecule has 3 aromatic rings. The molecule has 0 saturated carbocycles. The molecule has 1 aliphatic rings. The molecule has 0 N–H and O–H groups in total. The number of halogens is 2. The fraction of sp³-hybridized carbons (Fsp3) is 0.417. The van der Waals surface area contributed by atoms with Crippen molar-refractivity contribution in [2.24, 2.45) is 5.92 Å². The maximum absolute atomic E-state index is 13.8. The van der Waals surface area contributed by atoms with Crippen LogP contribution in [0.5, 0.6) is 0 Å². The summed E-state index contributed by atoms with van der Waals surface area (Å²) in [4.78, 5) is 19.0. The summed E-state index contributed by atoms with van der Waals surface area (Å²) >= 11 is 3.26. The van der Waals surface area contributed by atoms with Crippen molar-refractivity contribution in [1.29, 1.82) is 0 Å². The highest BCUT2D eigenvalue weighted by Crippen LogP contribution is 2.33. The fourth-order valence-electron chi connectivity index (χ4n) is 4.01. The molecule has 4 rings (SSSR count). The third-order valence-electron chi connectivity index (χ3n) is 5.62. The van der Waals surface area contributed by atoms with Crippen molar-refractivity contribution in [3.63, 3.8) is 0 Å². The fourth-order valence-corrected chi connectivity index (χ4v) is 5.17. The zero-order chi connectivity index (χ0) is 22.9. The summed E-state index contributed by atoms with van der Waals surface area (Å²) in [5, 5.41) is 0. The number of ether oxygens (including phenoxy) is 1. The third-order valence-corrected chi connectivity index (χ3v) is 7.11. The molecule has 170 valence electrons. The largest absolute Gasteiger partial charge is 0.381 e. The Morgan fingerprint density at radius 3 is 2.62 bits per heavy atom. The van der Waals surface area contributed by atoms with Crippen molar-refractivity contribution in [2.45, 2.75) is 55.4 Å². The number of rotatable bonds is 5. The Kier molecular flexibility index (Phi) is 7.11. The van der Waals surface area contributed by atoms with Gasteiger partial charge < -0.3 is 9.30 Å². The van der Waals surface area contributed by atoms with Crippen molar-refractivity contribution in [3.8, 4) is 0 Å². The second kappa shape index (κ2) is 9.69. The first-order valence-corrected chi connectivity index (χ1v) is 12.8. The molecule has 0 radical (unpaired) electrons. The number of pyridine rings is 1. The highest BCUT2D eigenvalue weighted by atomic mass is 127. The first-order chi connectivity index (χ1) is 15.3. The number of hydrogen-bond donors (Lipinski definition) is 0. The van der Waals surface area contributed by atoms with E-state index >= 15 is 0 Å². The van der Waals surface area contributed by atoms with Gasteiger partial charge in [0.1, 0.15) is 5.82 Å². The van der Waals surface area contributed by atoms with E-state index in [4.69, 9.17) is 9.72 Å². The average Bonchev–Trinajstić information content (AvgIpc) is 3.12. The van der Waals surface area contributed by atoms with Crippen LogP contribution in [0.2, 0.25) is 0 Å². The maximum Gasteiger partial charge on any atom is 0.257 e. The van der Waals surface area contributed by atoms with Gasteiger partial charge in [-0.05, 0) is 65.6 Å². The summed E-state index contributed by atoms with van der Waals surface area (Å²) in [5.74, 6) is 1.10. The van der Waals surface area contributed by atoms with Crippen LogP contribution in [0.25, 0.3) is 17.0 Å². The van der Waals surface area contributed by atoms with Crippen molar-refractivity contribution >= 4 is 51.3 Å². The van der Waals surface area contributed by atoms with Gasteiger partial charge in [0.2, 0.25) is 5.95 Å². The quantitative estimate of drug-likeness (QED) is 0.343. The lowest BCUT2D eigenvalue weighted by molar-refractivity contribution is 0.0611. The molecule has 32 heavy (non-hydrogen) atoms. The molecule has 1 aromatic carbocycles. The van der Waals surface area contributed by atoms with Gasteiger partial charge in [-0.1, -0.05) is 32.5 Å². The minimum atomic E-state index is -0.585. The third kappa shape index (κ3) is 5.12. The van der Waals surface area contributed by atoms with E-state index in [1.54, 1.807) is 28.7 Å². The summed E-state index contributed by atoms with van der Waals surface area (Å²) < 4.78 is 23.9. The molecule has 0 amide bonds. The summed E-state index contributed by atoms with van der Waals surface area (Å²) in [7, 11) is 0. The Bertz CT molecular complexity index is 1210. The molecule has 3 heterocycles. The van der Waals surface area contributed by atoms with Gasteiger partial charge in [-0.3, -0.25) is 9.36 Å². The van der Waals surface area contributed by atoms with E-state index in [0.29, 0.717) is 5.92 Å². The standard InChI is InChI=1S/C24H27FIN3O2S/c1-24(2,3)23-27-19-12-17(32-18-6-9-28(21(25)14-26)22(30)13-18)4-5-20(19)29(23)15-16-7-10-31-11-8-16/h4-6,9,12-14,16H,7-8,10-11,15H2,1-3H3/b21-14+. The van der Waals surface area contributed by atoms with E-state index in [-0.39, 0.29) is 5.41 Å². The second-order valence-electron chi connectivity index (χ2n) is 9.11. The molecule has 1 saturated heterocycles. The summed E-state index contributed by atoms with van der Waals surface area (Å²) in [6.07, 6.45) is 3.63. The maximum atomic E-state index is 13.8. The van der Waals surface area contributed by atoms with Crippen molar-refractivity contribution in [1.82, 2.24) is 14.1 Å². The number of hydrogen-bond acceptors (Lipinski definition) is 4. The first kappa shape index (κ1) is 23.5. The molecular weight excluding hydrogens is 540 g/mol. The number of imidazole rings is 1. The summed E-state index contributed by atoms with van der Waals surface area (Å²) in [6, 6.07) is 9.48.